The monoisotopic (exact) mass is 331 g/mol. The van der Waals surface area contributed by atoms with Crippen molar-refractivity contribution in [3.05, 3.63) is 30.3 Å². The zero-order chi connectivity index (χ0) is 17.0. The molecule has 3 rings (SSSR count). The summed E-state index contributed by atoms with van der Waals surface area (Å²) in [6.45, 7) is 1.06. The van der Waals surface area contributed by atoms with E-state index in [1.165, 1.54) is 0 Å². The van der Waals surface area contributed by atoms with E-state index in [1.807, 2.05) is 18.2 Å². The highest BCUT2D eigenvalue weighted by molar-refractivity contribution is 5.94. The van der Waals surface area contributed by atoms with Crippen molar-refractivity contribution in [3.8, 4) is 0 Å². The number of rotatable bonds is 3. The lowest BCUT2D eigenvalue weighted by molar-refractivity contribution is -0.115. The Kier molecular flexibility index (Phi) is 5.04. The van der Waals surface area contributed by atoms with Gasteiger partial charge in [0.25, 0.3) is 0 Å². The molecule has 1 heterocycles. The van der Waals surface area contributed by atoms with Gasteiger partial charge in [-0.2, -0.15) is 0 Å². The fourth-order valence-electron chi connectivity index (χ4n) is 3.75. The number of urea groups is 1. The van der Waals surface area contributed by atoms with Gasteiger partial charge >= 0.3 is 6.03 Å². The Morgan fingerprint density at radius 2 is 2.00 bits per heavy atom. The number of hydrogen-bond donors (Lipinski definition) is 3. The van der Waals surface area contributed by atoms with Gasteiger partial charge in [0, 0.05) is 24.7 Å². The summed E-state index contributed by atoms with van der Waals surface area (Å²) < 4.78 is 0. The summed E-state index contributed by atoms with van der Waals surface area (Å²) in [5.74, 6) is -0.0929. The number of carbonyl (C=O) groups excluding carboxylic acids is 2. The summed E-state index contributed by atoms with van der Waals surface area (Å²) in [6, 6.07) is 8.93. The fraction of sp³-hybridized carbons (Fsp3) is 0.556. The zero-order valence-electron chi connectivity index (χ0n) is 13.8. The van der Waals surface area contributed by atoms with E-state index in [0.717, 1.165) is 25.7 Å². The predicted molar refractivity (Wildman–Crippen MR) is 91.6 cm³/mol. The number of fused-ring (bicyclic) bond motifs is 1. The van der Waals surface area contributed by atoms with E-state index in [4.69, 9.17) is 0 Å². The van der Waals surface area contributed by atoms with Gasteiger partial charge in [-0.3, -0.25) is 4.79 Å². The fourth-order valence-corrected chi connectivity index (χ4v) is 3.75. The van der Waals surface area contributed by atoms with Crippen LogP contribution in [0.15, 0.2) is 30.3 Å². The van der Waals surface area contributed by atoms with Crippen molar-refractivity contribution in [1.82, 2.24) is 10.2 Å². The third-order valence-corrected chi connectivity index (χ3v) is 5.17. The maximum Gasteiger partial charge on any atom is 0.317 e. The average Bonchev–Trinajstić information content (AvgIpc) is 2.59. The Hall–Kier alpha value is -2.08. The number of piperidine rings is 1. The second-order valence-electron chi connectivity index (χ2n) is 6.82. The minimum Gasteiger partial charge on any atom is -0.389 e. The average molecular weight is 331 g/mol. The van der Waals surface area contributed by atoms with E-state index in [1.54, 1.807) is 17.0 Å². The van der Waals surface area contributed by atoms with Gasteiger partial charge in [0.05, 0.1) is 12.1 Å². The first kappa shape index (κ1) is 16.8. The van der Waals surface area contributed by atoms with E-state index < -0.39 is 5.60 Å². The first-order valence-electron chi connectivity index (χ1n) is 8.67. The number of nitrogens with zero attached hydrogens (tertiary/aromatic N) is 1. The first-order chi connectivity index (χ1) is 11.6. The molecule has 2 aliphatic rings. The molecule has 3 N–H and O–H groups in total. The molecule has 2 fully saturated rings. The molecule has 130 valence electrons. The molecule has 3 amide bonds. The molecule has 1 aromatic rings. The molecule has 2 atom stereocenters. The molecule has 6 heteroatoms. The number of likely N-dealkylation sites (tertiary alicyclic amines) is 1. The van der Waals surface area contributed by atoms with Crippen LogP contribution in [0, 0.1) is 5.92 Å². The van der Waals surface area contributed by atoms with E-state index >= 15 is 0 Å². The molecule has 2 unspecified atom stereocenters. The minimum absolute atomic E-state index is 0.0564. The summed E-state index contributed by atoms with van der Waals surface area (Å²) in [7, 11) is 0. The maximum absolute atomic E-state index is 12.3. The molecule has 0 bridgehead atoms. The Morgan fingerprint density at radius 1 is 1.21 bits per heavy atom. The maximum atomic E-state index is 12.3. The van der Waals surface area contributed by atoms with Gasteiger partial charge in [-0.1, -0.05) is 31.0 Å². The molecule has 1 aliphatic heterocycles. The summed E-state index contributed by atoms with van der Waals surface area (Å²) in [6.07, 6.45) is 4.61. The van der Waals surface area contributed by atoms with Gasteiger partial charge in [0.15, 0.2) is 0 Å². The zero-order valence-corrected chi connectivity index (χ0v) is 13.8. The third kappa shape index (κ3) is 3.87. The molecule has 1 aromatic carbocycles. The van der Waals surface area contributed by atoms with Crippen molar-refractivity contribution in [2.45, 2.75) is 37.7 Å². The van der Waals surface area contributed by atoms with Crippen LogP contribution in [0.2, 0.25) is 0 Å². The normalized spacial score (nSPS) is 26.4. The lowest BCUT2D eigenvalue weighted by Gasteiger charge is -2.47. The van der Waals surface area contributed by atoms with Crippen molar-refractivity contribution < 1.29 is 14.7 Å². The summed E-state index contributed by atoms with van der Waals surface area (Å²) in [4.78, 5) is 25.9. The molecule has 1 saturated heterocycles. The van der Waals surface area contributed by atoms with E-state index in [-0.39, 0.29) is 24.4 Å². The van der Waals surface area contributed by atoms with Crippen LogP contribution in [0.1, 0.15) is 32.1 Å². The van der Waals surface area contributed by atoms with Crippen molar-refractivity contribution in [1.29, 1.82) is 0 Å². The predicted octanol–water partition coefficient (Wildman–Crippen LogP) is 1.96. The summed E-state index contributed by atoms with van der Waals surface area (Å²) in [5, 5.41) is 16.1. The molecule has 1 aliphatic carbocycles. The smallest absolute Gasteiger partial charge is 0.317 e. The molecule has 1 saturated carbocycles. The van der Waals surface area contributed by atoms with Crippen LogP contribution in [0.3, 0.4) is 0 Å². The molecule has 6 nitrogen and oxygen atoms in total. The van der Waals surface area contributed by atoms with Crippen LogP contribution < -0.4 is 10.6 Å². The van der Waals surface area contributed by atoms with Crippen molar-refractivity contribution in [3.63, 3.8) is 0 Å². The number of carbonyl (C=O) groups is 2. The van der Waals surface area contributed by atoms with Gasteiger partial charge in [-0.05, 0) is 31.4 Å². The highest BCUT2D eigenvalue weighted by Gasteiger charge is 2.43. The molecular formula is C18H25N3O3. The van der Waals surface area contributed by atoms with Gasteiger partial charge in [0.1, 0.15) is 0 Å². The third-order valence-electron chi connectivity index (χ3n) is 5.17. The Morgan fingerprint density at radius 3 is 2.79 bits per heavy atom. The first-order valence-corrected chi connectivity index (χ1v) is 8.67. The lowest BCUT2D eigenvalue weighted by Crippen LogP contribution is -2.56. The Balaban J connectivity index is 1.46. The van der Waals surface area contributed by atoms with Crippen molar-refractivity contribution in [2.24, 2.45) is 5.92 Å². The second-order valence-corrected chi connectivity index (χ2v) is 6.82. The standard InChI is InChI=1S/C18H25N3O3/c22-16(20-15-7-2-1-3-8-15)12-19-17(23)21-11-10-18(24)9-5-4-6-14(18)13-21/h1-3,7-8,14,24H,4-6,9-13H2,(H,19,23)(H,20,22). The van der Waals surface area contributed by atoms with Gasteiger partial charge in [-0.25, -0.2) is 4.79 Å². The van der Waals surface area contributed by atoms with Crippen LogP contribution in [-0.2, 0) is 4.79 Å². The van der Waals surface area contributed by atoms with Crippen molar-refractivity contribution >= 4 is 17.6 Å². The van der Waals surface area contributed by atoms with Crippen LogP contribution in [0.5, 0.6) is 0 Å². The van der Waals surface area contributed by atoms with Gasteiger partial charge < -0.3 is 20.6 Å². The topological polar surface area (TPSA) is 81.7 Å². The Bertz CT molecular complexity index is 592. The van der Waals surface area contributed by atoms with E-state index in [2.05, 4.69) is 10.6 Å². The number of nitrogens with one attached hydrogen (secondary N) is 2. The molecule has 24 heavy (non-hydrogen) atoms. The highest BCUT2D eigenvalue weighted by atomic mass is 16.3. The van der Waals surface area contributed by atoms with Gasteiger partial charge in [-0.15, -0.1) is 0 Å². The summed E-state index contributed by atoms with van der Waals surface area (Å²) >= 11 is 0. The minimum atomic E-state index is -0.598. The molecule has 0 radical (unpaired) electrons. The second kappa shape index (κ2) is 7.21. The molecule has 0 spiro atoms. The quantitative estimate of drug-likeness (QED) is 0.792. The summed E-state index contributed by atoms with van der Waals surface area (Å²) in [5.41, 5.74) is 0.113. The van der Waals surface area contributed by atoms with E-state index in [0.29, 0.717) is 25.2 Å². The number of anilines is 1. The number of aliphatic hydroxyl groups is 1. The van der Waals surface area contributed by atoms with E-state index in [9.17, 15) is 14.7 Å². The largest absolute Gasteiger partial charge is 0.389 e. The van der Waals surface area contributed by atoms with Crippen molar-refractivity contribution in [2.75, 3.05) is 25.0 Å². The SMILES string of the molecule is O=C(CNC(=O)N1CCC2(O)CCCCC2C1)Nc1ccccc1. The van der Waals surface area contributed by atoms with Crippen LogP contribution in [0.4, 0.5) is 10.5 Å². The number of para-hydroxylation sites is 1. The number of amides is 3. The number of benzene rings is 1. The Labute approximate surface area is 142 Å². The number of hydrogen-bond acceptors (Lipinski definition) is 3. The molecule has 0 aromatic heterocycles. The lowest BCUT2D eigenvalue weighted by atomic mass is 9.71. The highest BCUT2D eigenvalue weighted by Crippen LogP contribution is 2.39. The van der Waals surface area contributed by atoms with Gasteiger partial charge in [0.2, 0.25) is 5.91 Å². The van der Waals surface area contributed by atoms with Crippen LogP contribution in [-0.4, -0.2) is 47.2 Å². The molecular weight excluding hydrogens is 306 g/mol. The van der Waals surface area contributed by atoms with Crippen LogP contribution >= 0.6 is 0 Å². The van der Waals surface area contributed by atoms with Crippen LogP contribution in [0.25, 0.3) is 0 Å².